The summed E-state index contributed by atoms with van der Waals surface area (Å²) in [5.74, 6) is 0.392. The molecule has 24 heavy (non-hydrogen) atoms. The molecule has 1 saturated carbocycles. The van der Waals surface area contributed by atoms with Crippen LogP contribution in [0.2, 0.25) is 0 Å². The third kappa shape index (κ3) is 3.85. The van der Waals surface area contributed by atoms with Gasteiger partial charge in [-0.25, -0.2) is 0 Å². The molecule has 1 aliphatic carbocycles. The number of aryl methyl sites for hydroxylation is 1. The largest absolute Gasteiger partial charge is 0.495 e. The molecule has 0 unspecified atom stereocenters. The van der Waals surface area contributed by atoms with E-state index in [2.05, 4.69) is 15.6 Å². The van der Waals surface area contributed by atoms with Crippen LogP contribution in [0.25, 0.3) is 0 Å². The van der Waals surface area contributed by atoms with Gasteiger partial charge in [0.1, 0.15) is 11.4 Å². The van der Waals surface area contributed by atoms with Crippen molar-refractivity contribution in [3.05, 3.63) is 47.8 Å². The minimum Gasteiger partial charge on any atom is -0.495 e. The molecule has 1 fully saturated rings. The molecule has 5 nitrogen and oxygen atoms in total. The van der Waals surface area contributed by atoms with Gasteiger partial charge in [0.25, 0.3) is 5.91 Å². The molecule has 5 heteroatoms. The second-order valence-electron chi connectivity index (χ2n) is 6.21. The van der Waals surface area contributed by atoms with Crippen LogP contribution in [0.15, 0.2) is 36.5 Å². The average Bonchev–Trinajstić information content (AvgIpc) is 3.08. The summed E-state index contributed by atoms with van der Waals surface area (Å²) >= 11 is 0. The maximum Gasteiger partial charge on any atom is 0.274 e. The minimum atomic E-state index is -0.242. The van der Waals surface area contributed by atoms with E-state index in [0.717, 1.165) is 11.3 Å². The van der Waals surface area contributed by atoms with Crippen molar-refractivity contribution in [2.75, 3.05) is 17.7 Å². The molecule has 0 spiro atoms. The van der Waals surface area contributed by atoms with E-state index in [1.165, 1.54) is 25.7 Å². The van der Waals surface area contributed by atoms with Crippen molar-refractivity contribution in [3.63, 3.8) is 0 Å². The summed E-state index contributed by atoms with van der Waals surface area (Å²) in [5.41, 5.74) is 3.04. The Hall–Kier alpha value is -2.56. The number of benzene rings is 1. The number of hydrogen-bond donors (Lipinski definition) is 2. The zero-order valence-corrected chi connectivity index (χ0v) is 14.1. The first-order chi connectivity index (χ1) is 11.7. The third-order valence-corrected chi connectivity index (χ3v) is 4.32. The quantitative estimate of drug-likeness (QED) is 0.872. The Morgan fingerprint density at radius 2 is 2.00 bits per heavy atom. The molecule has 126 valence electrons. The molecule has 0 atom stereocenters. The predicted octanol–water partition coefficient (Wildman–Crippen LogP) is 4.01. The number of nitrogens with one attached hydrogen (secondary N) is 2. The summed E-state index contributed by atoms with van der Waals surface area (Å²) < 4.78 is 5.30. The topological polar surface area (TPSA) is 63.2 Å². The monoisotopic (exact) mass is 325 g/mol. The molecule has 1 aliphatic rings. The Kier molecular flexibility index (Phi) is 4.99. The van der Waals surface area contributed by atoms with Crippen LogP contribution in [0.4, 0.5) is 11.4 Å². The van der Waals surface area contributed by atoms with Crippen LogP contribution in [-0.4, -0.2) is 24.0 Å². The number of nitrogens with zero attached hydrogens (tertiary/aromatic N) is 1. The summed E-state index contributed by atoms with van der Waals surface area (Å²) in [7, 11) is 1.59. The molecule has 3 rings (SSSR count). The van der Waals surface area contributed by atoms with Gasteiger partial charge in [0.2, 0.25) is 0 Å². The van der Waals surface area contributed by atoms with Crippen molar-refractivity contribution in [1.82, 2.24) is 4.98 Å². The zero-order chi connectivity index (χ0) is 16.9. The number of amides is 1. The number of methoxy groups -OCH3 is 1. The lowest BCUT2D eigenvalue weighted by Gasteiger charge is -2.14. The number of aromatic nitrogens is 1. The van der Waals surface area contributed by atoms with Gasteiger partial charge in [-0.2, -0.15) is 0 Å². The number of rotatable bonds is 5. The zero-order valence-electron chi connectivity index (χ0n) is 14.1. The van der Waals surface area contributed by atoms with Crippen molar-refractivity contribution >= 4 is 17.3 Å². The standard InChI is InChI=1S/C19H23N3O2/c1-13-7-8-18(24-2)16(11-13)22-19(23)17-12-15(9-10-20-17)21-14-5-3-4-6-14/h7-12,14H,3-6H2,1-2H3,(H,20,21)(H,22,23). The Bertz CT molecular complexity index is 724. The van der Waals surface area contributed by atoms with Gasteiger partial charge in [-0.05, 0) is 49.6 Å². The highest BCUT2D eigenvalue weighted by Gasteiger charge is 2.16. The summed E-state index contributed by atoms with van der Waals surface area (Å²) in [6.07, 6.45) is 6.57. The van der Waals surface area contributed by atoms with E-state index >= 15 is 0 Å². The Balaban J connectivity index is 1.74. The van der Waals surface area contributed by atoms with Crippen LogP contribution in [0.5, 0.6) is 5.75 Å². The fraction of sp³-hybridized carbons (Fsp3) is 0.368. The fourth-order valence-electron chi connectivity index (χ4n) is 3.06. The lowest BCUT2D eigenvalue weighted by atomic mass is 10.2. The molecule has 0 bridgehead atoms. The molecule has 2 N–H and O–H groups in total. The predicted molar refractivity (Wildman–Crippen MR) is 95.8 cm³/mol. The smallest absolute Gasteiger partial charge is 0.274 e. The van der Waals surface area contributed by atoms with Crippen molar-refractivity contribution in [2.24, 2.45) is 0 Å². The molecule has 1 aromatic carbocycles. The van der Waals surface area contributed by atoms with Crippen molar-refractivity contribution in [2.45, 2.75) is 38.6 Å². The Morgan fingerprint density at radius 3 is 2.75 bits per heavy atom. The maximum atomic E-state index is 12.5. The van der Waals surface area contributed by atoms with E-state index in [1.807, 2.05) is 31.2 Å². The Morgan fingerprint density at radius 1 is 1.21 bits per heavy atom. The number of hydrogen-bond acceptors (Lipinski definition) is 4. The molecule has 0 saturated heterocycles. The highest BCUT2D eigenvalue weighted by atomic mass is 16.5. The van der Waals surface area contributed by atoms with Gasteiger partial charge in [0, 0.05) is 17.9 Å². The maximum absolute atomic E-state index is 12.5. The van der Waals surface area contributed by atoms with Crippen molar-refractivity contribution in [1.29, 1.82) is 0 Å². The number of pyridine rings is 1. The molecule has 0 aliphatic heterocycles. The highest BCUT2D eigenvalue weighted by molar-refractivity contribution is 6.04. The van der Waals surface area contributed by atoms with Crippen LogP contribution in [-0.2, 0) is 0 Å². The lowest BCUT2D eigenvalue weighted by Crippen LogP contribution is -2.17. The van der Waals surface area contributed by atoms with Gasteiger partial charge in [-0.1, -0.05) is 18.9 Å². The molecule has 1 amide bonds. The van der Waals surface area contributed by atoms with Crippen LogP contribution in [0.3, 0.4) is 0 Å². The number of carbonyl (C=O) groups excluding carboxylic acids is 1. The normalized spacial score (nSPS) is 14.4. The van der Waals surface area contributed by atoms with Gasteiger partial charge in [-0.3, -0.25) is 9.78 Å². The fourth-order valence-corrected chi connectivity index (χ4v) is 3.06. The molecular formula is C19H23N3O2. The first kappa shape index (κ1) is 16.3. The van der Waals surface area contributed by atoms with Gasteiger partial charge in [0.15, 0.2) is 0 Å². The average molecular weight is 325 g/mol. The molecule has 1 aromatic heterocycles. The van der Waals surface area contributed by atoms with Gasteiger partial charge in [-0.15, -0.1) is 0 Å². The third-order valence-electron chi connectivity index (χ3n) is 4.32. The lowest BCUT2D eigenvalue weighted by molar-refractivity contribution is 0.102. The van der Waals surface area contributed by atoms with Crippen molar-refractivity contribution < 1.29 is 9.53 Å². The molecule has 0 radical (unpaired) electrons. The first-order valence-electron chi connectivity index (χ1n) is 8.34. The summed E-state index contributed by atoms with van der Waals surface area (Å²) in [6, 6.07) is 9.88. The number of anilines is 2. The van der Waals surface area contributed by atoms with Crippen LogP contribution < -0.4 is 15.4 Å². The van der Waals surface area contributed by atoms with E-state index in [1.54, 1.807) is 19.4 Å². The second-order valence-corrected chi connectivity index (χ2v) is 6.21. The molecule has 2 aromatic rings. The number of ether oxygens (including phenoxy) is 1. The summed E-state index contributed by atoms with van der Waals surface area (Å²) in [5, 5.41) is 6.37. The molecule has 1 heterocycles. The first-order valence-corrected chi connectivity index (χ1v) is 8.34. The number of carbonyl (C=O) groups is 1. The van der Waals surface area contributed by atoms with Crippen LogP contribution >= 0.6 is 0 Å². The second kappa shape index (κ2) is 7.34. The van der Waals surface area contributed by atoms with Gasteiger partial charge >= 0.3 is 0 Å². The summed E-state index contributed by atoms with van der Waals surface area (Å²) in [4.78, 5) is 16.7. The van der Waals surface area contributed by atoms with Crippen molar-refractivity contribution in [3.8, 4) is 5.75 Å². The van der Waals surface area contributed by atoms with Crippen LogP contribution in [0.1, 0.15) is 41.7 Å². The van der Waals surface area contributed by atoms with Crippen LogP contribution in [0, 0.1) is 6.92 Å². The van der Waals surface area contributed by atoms with Gasteiger partial charge in [0.05, 0.1) is 12.8 Å². The van der Waals surface area contributed by atoms with Gasteiger partial charge < -0.3 is 15.4 Å². The molecular weight excluding hydrogens is 302 g/mol. The Labute approximate surface area is 142 Å². The highest BCUT2D eigenvalue weighted by Crippen LogP contribution is 2.26. The van der Waals surface area contributed by atoms with E-state index in [-0.39, 0.29) is 5.91 Å². The van der Waals surface area contributed by atoms with E-state index in [9.17, 15) is 4.79 Å². The van der Waals surface area contributed by atoms with E-state index < -0.39 is 0 Å². The SMILES string of the molecule is COc1ccc(C)cc1NC(=O)c1cc(NC2CCCC2)ccn1. The summed E-state index contributed by atoms with van der Waals surface area (Å²) in [6.45, 7) is 1.97. The van der Waals surface area contributed by atoms with E-state index in [4.69, 9.17) is 4.74 Å². The minimum absolute atomic E-state index is 0.242. The van der Waals surface area contributed by atoms with E-state index in [0.29, 0.717) is 23.2 Å².